The van der Waals surface area contributed by atoms with Crippen molar-refractivity contribution in [3.8, 4) is 11.3 Å². The molecule has 162 valence electrons. The number of rotatable bonds is 8. The molecule has 2 heterocycles. The molecule has 2 atom stereocenters. The third-order valence-corrected chi connectivity index (χ3v) is 6.52. The van der Waals surface area contributed by atoms with Gasteiger partial charge in [0.15, 0.2) is 0 Å². The van der Waals surface area contributed by atoms with Gasteiger partial charge in [0.25, 0.3) is 0 Å². The standard InChI is InChI=1S/C20H28N4O2S.2ClH/c1-4-26-16-12-20(21,19(16,2)3)18(25)23-9-5-6-17-24-15(13-27-17)14-7-10-22-11-8-14;;/h7-8,10-11,13,16H,4-6,9,12,21H2,1-3H3,(H,23,25);2*1H. The molecule has 0 aromatic carbocycles. The number of carbonyl (C=O) groups excluding carboxylic acids is 1. The lowest BCUT2D eigenvalue weighted by molar-refractivity contribution is -0.170. The van der Waals surface area contributed by atoms with Crippen molar-refractivity contribution in [1.82, 2.24) is 15.3 Å². The molecule has 0 saturated heterocycles. The quantitative estimate of drug-likeness (QED) is 0.586. The lowest BCUT2D eigenvalue weighted by Gasteiger charge is -2.57. The molecule has 1 fully saturated rings. The van der Waals surface area contributed by atoms with Gasteiger partial charge < -0.3 is 15.8 Å². The molecule has 3 N–H and O–H groups in total. The van der Waals surface area contributed by atoms with Crippen molar-refractivity contribution in [2.24, 2.45) is 11.1 Å². The number of pyridine rings is 1. The minimum atomic E-state index is -0.859. The second-order valence-electron chi connectivity index (χ2n) is 7.56. The van der Waals surface area contributed by atoms with E-state index in [1.54, 1.807) is 23.7 Å². The number of nitrogens with zero attached hydrogens (tertiary/aromatic N) is 2. The fraction of sp³-hybridized carbons (Fsp3) is 0.550. The molecule has 2 aromatic rings. The maximum absolute atomic E-state index is 12.6. The van der Waals surface area contributed by atoms with Crippen molar-refractivity contribution >= 4 is 42.1 Å². The Morgan fingerprint density at radius 2 is 2.03 bits per heavy atom. The van der Waals surface area contributed by atoms with Crippen LogP contribution in [-0.4, -0.2) is 40.7 Å². The summed E-state index contributed by atoms with van der Waals surface area (Å²) in [5.74, 6) is -0.0833. The van der Waals surface area contributed by atoms with Gasteiger partial charge in [0.05, 0.1) is 16.8 Å². The zero-order valence-electron chi connectivity index (χ0n) is 17.0. The summed E-state index contributed by atoms with van der Waals surface area (Å²) in [7, 11) is 0. The van der Waals surface area contributed by atoms with Crippen LogP contribution in [0.25, 0.3) is 11.3 Å². The van der Waals surface area contributed by atoms with E-state index in [1.165, 1.54) is 0 Å². The Morgan fingerprint density at radius 1 is 1.34 bits per heavy atom. The van der Waals surface area contributed by atoms with Crippen LogP contribution in [0.3, 0.4) is 0 Å². The summed E-state index contributed by atoms with van der Waals surface area (Å²) >= 11 is 1.64. The van der Waals surface area contributed by atoms with Crippen LogP contribution in [0.5, 0.6) is 0 Å². The monoisotopic (exact) mass is 460 g/mol. The fourth-order valence-electron chi connectivity index (χ4n) is 3.50. The average molecular weight is 461 g/mol. The van der Waals surface area contributed by atoms with Crippen molar-refractivity contribution in [2.45, 2.75) is 51.7 Å². The predicted octanol–water partition coefficient (Wildman–Crippen LogP) is 3.63. The van der Waals surface area contributed by atoms with Gasteiger partial charge in [-0.25, -0.2) is 4.98 Å². The second kappa shape index (κ2) is 10.7. The highest BCUT2D eigenvalue weighted by atomic mass is 35.5. The Morgan fingerprint density at radius 3 is 2.66 bits per heavy atom. The van der Waals surface area contributed by atoms with E-state index in [0.29, 0.717) is 19.6 Å². The Kier molecular flexibility index (Phi) is 9.50. The summed E-state index contributed by atoms with van der Waals surface area (Å²) in [5.41, 5.74) is 7.22. The van der Waals surface area contributed by atoms with Crippen LogP contribution < -0.4 is 11.1 Å². The molecule has 1 amide bonds. The van der Waals surface area contributed by atoms with Crippen molar-refractivity contribution in [3.63, 3.8) is 0 Å². The molecule has 0 spiro atoms. The first-order valence-electron chi connectivity index (χ1n) is 9.42. The molecule has 1 saturated carbocycles. The van der Waals surface area contributed by atoms with Gasteiger partial charge in [-0.05, 0) is 25.5 Å². The van der Waals surface area contributed by atoms with Gasteiger partial charge >= 0.3 is 0 Å². The number of thiazole rings is 1. The minimum Gasteiger partial charge on any atom is -0.378 e. The number of aryl methyl sites for hydroxylation is 1. The molecule has 29 heavy (non-hydrogen) atoms. The third-order valence-electron chi connectivity index (χ3n) is 5.62. The van der Waals surface area contributed by atoms with E-state index in [9.17, 15) is 4.79 Å². The van der Waals surface area contributed by atoms with E-state index in [0.717, 1.165) is 29.1 Å². The van der Waals surface area contributed by atoms with Crippen LogP contribution in [0, 0.1) is 5.41 Å². The van der Waals surface area contributed by atoms with Crippen molar-refractivity contribution in [1.29, 1.82) is 0 Å². The van der Waals surface area contributed by atoms with Crippen LogP contribution >= 0.6 is 36.2 Å². The summed E-state index contributed by atoms with van der Waals surface area (Å²) < 4.78 is 5.69. The SMILES string of the molecule is CCOC1CC(N)(C(=O)NCCCc2nc(-c3ccncc3)cs2)C1(C)C.Cl.Cl. The summed E-state index contributed by atoms with van der Waals surface area (Å²) in [4.78, 5) is 21.3. The Bertz CT molecular complexity index is 788. The van der Waals surface area contributed by atoms with E-state index >= 15 is 0 Å². The molecule has 2 unspecified atom stereocenters. The summed E-state index contributed by atoms with van der Waals surface area (Å²) in [6.45, 7) is 7.21. The largest absolute Gasteiger partial charge is 0.378 e. The number of hydrogen-bond acceptors (Lipinski definition) is 6. The minimum absolute atomic E-state index is 0. The smallest absolute Gasteiger partial charge is 0.240 e. The van der Waals surface area contributed by atoms with Crippen molar-refractivity contribution < 1.29 is 9.53 Å². The summed E-state index contributed by atoms with van der Waals surface area (Å²) in [5, 5.41) is 6.13. The van der Waals surface area contributed by atoms with Gasteiger partial charge in [0, 0.05) is 54.7 Å². The van der Waals surface area contributed by atoms with Crippen molar-refractivity contribution in [2.75, 3.05) is 13.2 Å². The summed E-state index contributed by atoms with van der Waals surface area (Å²) in [6.07, 6.45) is 5.82. The van der Waals surface area contributed by atoms with Gasteiger partial charge in [-0.3, -0.25) is 9.78 Å². The normalized spacial score (nSPS) is 22.0. The maximum Gasteiger partial charge on any atom is 0.240 e. The van der Waals surface area contributed by atoms with Crippen LogP contribution in [0.15, 0.2) is 29.9 Å². The number of nitrogens with two attached hydrogens (primary N) is 1. The Balaban J connectivity index is 0.00000210. The van der Waals surface area contributed by atoms with E-state index in [4.69, 9.17) is 10.5 Å². The molecule has 3 rings (SSSR count). The van der Waals surface area contributed by atoms with Crippen molar-refractivity contribution in [3.05, 3.63) is 34.9 Å². The number of hydrogen-bond donors (Lipinski definition) is 2. The first-order chi connectivity index (χ1) is 12.9. The first kappa shape index (κ1) is 25.8. The molecular weight excluding hydrogens is 431 g/mol. The third kappa shape index (κ3) is 5.27. The molecular formula is C20H30Cl2N4O2S. The average Bonchev–Trinajstić information content (AvgIpc) is 3.14. The number of carbonyl (C=O) groups is 1. The molecule has 0 bridgehead atoms. The lowest BCUT2D eigenvalue weighted by Crippen LogP contribution is -2.75. The van der Waals surface area contributed by atoms with E-state index in [1.807, 2.05) is 32.9 Å². The van der Waals surface area contributed by atoms with E-state index in [2.05, 4.69) is 20.7 Å². The van der Waals surface area contributed by atoms with Crippen LogP contribution in [0.2, 0.25) is 0 Å². The van der Waals surface area contributed by atoms with Crippen LogP contribution in [0.4, 0.5) is 0 Å². The van der Waals surface area contributed by atoms with E-state index < -0.39 is 5.54 Å². The number of amides is 1. The molecule has 6 nitrogen and oxygen atoms in total. The molecule has 1 aliphatic rings. The molecule has 1 aliphatic carbocycles. The van der Waals surface area contributed by atoms with Gasteiger partial charge in [-0.1, -0.05) is 13.8 Å². The highest BCUT2D eigenvalue weighted by Gasteiger charge is 2.62. The molecule has 9 heteroatoms. The van der Waals surface area contributed by atoms with Gasteiger partial charge in [-0.15, -0.1) is 36.2 Å². The van der Waals surface area contributed by atoms with Gasteiger partial charge in [0.1, 0.15) is 5.54 Å². The highest BCUT2D eigenvalue weighted by Crippen LogP contribution is 2.49. The fourth-order valence-corrected chi connectivity index (χ4v) is 4.35. The topological polar surface area (TPSA) is 90.1 Å². The molecule has 2 aromatic heterocycles. The van der Waals surface area contributed by atoms with Gasteiger partial charge in [0.2, 0.25) is 5.91 Å². The zero-order valence-corrected chi connectivity index (χ0v) is 19.5. The number of ether oxygens (including phenoxy) is 1. The highest BCUT2D eigenvalue weighted by molar-refractivity contribution is 7.09. The van der Waals surface area contributed by atoms with Crippen LogP contribution in [0.1, 0.15) is 38.6 Å². The second-order valence-corrected chi connectivity index (χ2v) is 8.51. The Labute approximate surface area is 188 Å². The lowest BCUT2D eigenvalue weighted by atomic mass is 9.54. The number of halogens is 2. The zero-order chi connectivity index (χ0) is 19.5. The number of aromatic nitrogens is 2. The molecule has 0 radical (unpaired) electrons. The van der Waals surface area contributed by atoms with Gasteiger partial charge in [-0.2, -0.15) is 0 Å². The van der Waals surface area contributed by atoms with Crippen LogP contribution in [-0.2, 0) is 16.0 Å². The molecule has 0 aliphatic heterocycles. The maximum atomic E-state index is 12.6. The predicted molar refractivity (Wildman–Crippen MR) is 122 cm³/mol. The number of nitrogens with one attached hydrogen (secondary N) is 1. The van der Waals surface area contributed by atoms with E-state index in [-0.39, 0.29) is 42.2 Å². The summed E-state index contributed by atoms with van der Waals surface area (Å²) in [6, 6.07) is 3.91. The Hall–Kier alpha value is -1.25. The first-order valence-corrected chi connectivity index (χ1v) is 10.3.